The zero-order valence-electron chi connectivity index (χ0n) is 15.9. The summed E-state index contributed by atoms with van der Waals surface area (Å²) >= 11 is 0. The summed E-state index contributed by atoms with van der Waals surface area (Å²) in [7, 11) is 0. The van der Waals surface area contributed by atoms with Gasteiger partial charge in [0.05, 0.1) is 0 Å². The Kier molecular flexibility index (Phi) is 3.79. The highest BCUT2D eigenvalue weighted by molar-refractivity contribution is 5.87. The molecule has 4 aliphatic carbocycles. The summed E-state index contributed by atoms with van der Waals surface area (Å²) < 4.78 is 5.88. The fraction of sp³-hybridized carbons (Fsp3) is 0.727. The smallest absolute Gasteiger partial charge is 0.302 e. The van der Waals surface area contributed by atoms with E-state index in [-0.39, 0.29) is 22.9 Å². The Hall–Kier alpha value is -1.38. The fourth-order valence-corrected chi connectivity index (χ4v) is 6.66. The van der Waals surface area contributed by atoms with Crippen LogP contribution in [0, 0.1) is 28.6 Å². The number of allylic oxidation sites excluding steroid dienone is 4. The van der Waals surface area contributed by atoms with Gasteiger partial charge in [-0.25, -0.2) is 0 Å². The maximum Gasteiger partial charge on any atom is 0.302 e. The Labute approximate surface area is 150 Å². The molecule has 0 aromatic carbocycles. The molecule has 0 N–H and O–H groups in total. The second kappa shape index (κ2) is 5.56. The number of rotatable bonds is 1. The highest BCUT2D eigenvalue weighted by Crippen LogP contribution is 2.64. The Balaban J connectivity index is 1.80. The highest BCUT2D eigenvalue weighted by Gasteiger charge is 2.62. The van der Waals surface area contributed by atoms with Crippen LogP contribution in [0.2, 0.25) is 0 Å². The normalized spacial score (nSPS) is 45.7. The van der Waals surface area contributed by atoms with Gasteiger partial charge in [-0.3, -0.25) is 9.59 Å². The monoisotopic (exact) mass is 342 g/mol. The molecule has 4 aliphatic rings. The molecule has 0 aromatic heterocycles. The number of hydrogen-bond acceptors (Lipinski definition) is 3. The van der Waals surface area contributed by atoms with E-state index in [0.29, 0.717) is 36.4 Å². The van der Waals surface area contributed by atoms with E-state index in [1.807, 2.05) is 0 Å². The molecule has 3 heteroatoms. The number of esters is 1. The maximum absolute atomic E-state index is 12.7. The van der Waals surface area contributed by atoms with E-state index in [2.05, 4.69) is 32.9 Å². The molecule has 0 aliphatic heterocycles. The third kappa shape index (κ3) is 2.38. The largest absolute Gasteiger partial charge is 0.462 e. The van der Waals surface area contributed by atoms with E-state index in [1.54, 1.807) is 0 Å². The van der Waals surface area contributed by atoms with Gasteiger partial charge in [0.2, 0.25) is 0 Å². The summed E-state index contributed by atoms with van der Waals surface area (Å²) in [6, 6.07) is 0. The summed E-state index contributed by atoms with van der Waals surface area (Å²) in [5.41, 5.74) is 2.64. The first-order valence-electron chi connectivity index (χ1n) is 9.84. The summed E-state index contributed by atoms with van der Waals surface area (Å²) in [4.78, 5) is 24.5. The molecule has 0 heterocycles. The molecule has 0 saturated heterocycles. The lowest BCUT2D eigenvalue weighted by molar-refractivity contribution is -0.171. The molecule has 25 heavy (non-hydrogen) atoms. The molecule has 2 saturated carbocycles. The molecule has 0 bridgehead atoms. The minimum atomic E-state index is -0.302. The molecular weight excluding hydrogens is 312 g/mol. The van der Waals surface area contributed by atoms with Crippen LogP contribution in [0.5, 0.6) is 0 Å². The third-order valence-corrected chi connectivity index (χ3v) is 7.90. The van der Waals surface area contributed by atoms with Crippen molar-refractivity contribution in [2.45, 2.75) is 72.3 Å². The average Bonchev–Trinajstić information content (AvgIpc) is 2.82. The van der Waals surface area contributed by atoms with E-state index >= 15 is 0 Å². The lowest BCUT2D eigenvalue weighted by Crippen LogP contribution is -2.56. The van der Waals surface area contributed by atoms with Crippen LogP contribution in [0.4, 0.5) is 0 Å². The number of ketones is 1. The van der Waals surface area contributed by atoms with E-state index < -0.39 is 0 Å². The Morgan fingerprint density at radius 3 is 2.72 bits per heavy atom. The van der Waals surface area contributed by atoms with Gasteiger partial charge in [0.15, 0.2) is 0 Å². The molecule has 0 amide bonds. The van der Waals surface area contributed by atoms with Crippen LogP contribution in [-0.2, 0) is 14.3 Å². The first kappa shape index (κ1) is 17.1. The van der Waals surface area contributed by atoms with E-state index in [9.17, 15) is 9.59 Å². The van der Waals surface area contributed by atoms with Crippen molar-refractivity contribution in [3.63, 3.8) is 0 Å². The van der Waals surface area contributed by atoms with Gasteiger partial charge >= 0.3 is 5.97 Å². The van der Waals surface area contributed by atoms with Crippen molar-refractivity contribution in [3.8, 4) is 0 Å². The fourth-order valence-electron chi connectivity index (χ4n) is 6.66. The number of carbonyl (C=O) groups excluding carboxylic acids is 2. The number of carbonyl (C=O) groups is 2. The van der Waals surface area contributed by atoms with Crippen molar-refractivity contribution in [1.29, 1.82) is 0 Å². The Morgan fingerprint density at radius 1 is 1.24 bits per heavy atom. The van der Waals surface area contributed by atoms with Gasteiger partial charge in [-0.05, 0) is 61.9 Å². The van der Waals surface area contributed by atoms with Gasteiger partial charge in [0, 0.05) is 24.7 Å². The van der Waals surface area contributed by atoms with Crippen LogP contribution in [0.15, 0.2) is 23.3 Å². The zero-order chi connectivity index (χ0) is 18.0. The molecule has 3 nitrogen and oxygen atoms in total. The predicted octanol–water partition coefficient (Wildman–Crippen LogP) is 4.62. The van der Waals surface area contributed by atoms with E-state index in [4.69, 9.17) is 4.74 Å². The Bertz CT molecular complexity index is 687. The zero-order valence-corrected chi connectivity index (χ0v) is 15.9. The van der Waals surface area contributed by atoms with Crippen molar-refractivity contribution >= 4 is 11.8 Å². The van der Waals surface area contributed by atoms with Gasteiger partial charge in [0.25, 0.3) is 0 Å². The molecule has 136 valence electrons. The van der Waals surface area contributed by atoms with Crippen LogP contribution in [0.3, 0.4) is 0 Å². The molecule has 4 rings (SSSR count). The minimum absolute atomic E-state index is 0.0650. The summed E-state index contributed by atoms with van der Waals surface area (Å²) in [5, 5.41) is 0. The number of Topliss-reactive ketones (excluding diaryl/α,β-unsaturated/α-hetero) is 1. The SMILES string of the molecule is CC(=O)O[C@H]1C[C@]2(C)C(=O)CCC2C2CC=C3C=C(C)CC[C@]3(C)C21. The van der Waals surface area contributed by atoms with Crippen molar-refractivity contribution < 1.29 is 14.3 Å². The number of fused-ring (bicyclic) bond motifs is 5. The van der Waals surface area contributed by atoms with Crippen molar-refractivity contribution in [3.05, 3.63) is 23.3 Å². The highest BCUT2D eigenvalue weighted by atomic mass is 16.5. The van der Waals surface area contributed by atoms with E-state index in [1.165, 1.54) is 18.1 Å². The van der Waals surface area contributed by atoms with Crippen LogP contribution < -0.4 is 0 Å². The lowest BCUT2D eigenvalue weighted by atomic mass is 9.47. The van der Waals surface area contributed by atoms with Gasteiger partial charge in [-0.15, -0.1) is 0 Å². The number of hydrogen-bond donors (Lipinski definition) is 0. The van der Waals surface area contributed by atoms with Crippen molar-refractivity contribution in [1.82, 2.24) is 0 Å². The van der Waals surface area contributed by atoms with Gasteiger partial charge in [-0.1, -0.05) is 31.6 Å². The summed E-state index contributed by atoms with van der Waals surface area (Å²) in [6.45, 7) is 8.22. The topological polar surface area (TPSA) is 43.4 Å². The van der Waals surface area contributed by atoms with Gasteiger partial charge in [0.1, 0.15) is 11.9 Å². The lowest BCUT2D eigenvalue weighted by Gasteiger charge is -2.58. The number of ether oxygens (including phenoxy) is 1. The summed E-state index contributed by atoms with van der Waals surface area (Å²) in [6.07, 6.45) is 10.3. The van der Waals surface area contributed by atoms with E-state index in [0.717, 1.165) is 25.7 Å². The first-order valence-corrected chi connectivity index (χ1v) is 9.84. The standard InChI is InChI=1S/C22H30O3/c1-13-9-10-21(3)15(11-13)5-6-16-17-7-8-19(24)22(17,4)12-18(20(16)21)25-14(2)23/h5,11,16-18,20H,6-10,12H2,1-4H3/t16?,17?,18-,20?,21-,22-/m0/s1. The molecule has 0 spiro atoms. The second-order valence-corrected chi connectivity index (χ2v) is 9.33. The Morgan fingerprint density at radius 2 is 2.00 bits per heavy atom. The van der Waals surface area contributed by atoms with Crippen molar-refractivity contribution in [2.24, 2.45) is 28.6 Å². The summed E-state index contributed by atoms with van der Waals surface area (Å²) in [5.74, 6) is 1.41. The maximum atomic E-state index is 12.7. The quantitative estimate of drug-likeness (QED) is 0.653. The van der Waals surface area contributed by atoms with Crippen LogP contribution in [-0.4, -0.2) is 17.9 Å². The van der Waals surface area contributed by atoms with Crippen molar-refractivity contribution in [2.75, 3.05) is 0 Å². The molecule has 0 aromatic rings. The predicted molar refractivity (Wildman–Crippen MR) is 96.8 cm³/mol. The van der Waals surface area contributed by atoms with Crippen LogP contribution >= 0.6 is 0 Å². The van der Waals surface area contributed by atoms with Crippen LogP contribution in [0.1, 0.15) is 66.2 Å². The third-order valence-electron chi connectivity index (χ3n) is 7.90. The van der Waals surface area contributed by atoms with Crippen LogP contribution in [0.25, 0.3) is 0 Å². The first-order chi connectivity index (χ1) is 11.8. The van der Waals surface area contributed by atoms with Gasteiger partial charge < -0.3 is 4.74 Å². The minimum Gasteiger partial charge on any atom is -0.462 e. The van der Waals surface area contributed by atoms with Gasteiger partial charge in [-0.2, -0.15) is 0 Å². The average molecular weight is 342 g/mol. The second-order valence-electron chi connectivity index (χ2n) is 9.33. The molecule has 0 radical (unpaired) electrons. The molecular formula is C22H30O3. The molecule has 2 fully saturated rings. The molecule has 6 atom stereocenters. The molecule has 3 unspecified atom stereocenters.